The summed E-state index contributed by atoms with van der Waals surface area (Å²) in [6, 6.07) is 13.1. The Morgan fingerprint density at radius 3 is 2.47 bits per heavy atom. The van der Waals surface area contributed by atoms with Crippen molar-refractivity contribution in [2.45, 2.75) is 24.9 Å². The average molecular weight is 272 g/mol. The SMILES string of the molecule is CNC(CSc1ccccn1)c1cc(C)cc(C)c1. The number of aryl methyl sites for hydroxylation is 2. The average Bonchev–Trinajstić information content (AvgIpc) is 2.39. The second-order valence-electron chi connectivity index (χ2n) is 4.74. The van der Waals surface area contributed by atoms with Crippen LogP contribution in [-0.4, -0.2) is 17.8 Å². The third-order valence-electron chi connectivity index (χ3n) is 3.03. The lowest BCUT2D eigenvalue weighted by atomic mass is 10.0. The van der Waals surface area contributed by atoms with E-state index in [0.29, 0.717) is 6.04 Å². The molecule has 1 unspecified atom stereocenters. The Bertz CT molecular complexity index is 505. The lowest BCUT2D eigenvalue weighted by Crippen LogP contribution is -2.19. The molecule has 2 aromatic rings. The molecule has 1 aromatic heterocycles. The Kier molecular flexibility index (Phi) is 5.00. The molecule has 0 aliphatic carbocycles. The monoisotopic (exact) mass is 272 g/mol. The molecule has 0 saturated carbocycles. The molecule has 2 rings (SSSR count). The molecular weight excluding hydrogens is 252 g/mol. The van der Waals surface area contributed by atoms with Crippen LogP contribution in [0.5, 0.6) is 0 Å². The molecule has 0 bridgehead atoms. The highest BCUT2D eigenvalue weighted by Gasteiger charge is 2.10. The van der Waals surface area contributed by atoms with Gasteiger partial charge >= 0.3 is 0 Å². The van der Waals surface area contributed by atoms with Gasteiger partial charge in [0.2, 0.25) is 0 Å². The van der Waals surface area contributed by atoms with Crippen molar-refractivity contribution >= 4 is 11.8 Å². The highest BCUT2D eigenvalue weighted by Crippen LogP contribution is 2.24. The van der Waals surface area contributed by atoms with Crippen LogP contribution in [0.4, 0.5) is 0 Å². The molecule has 0 radical (unpaired) electrons. The number of nitrogens with one attached hydrogen (secondary N) is 1. The number of hydrogen-bond donors (Lipinski definition) is 1. The van der Waals surface area contributed by atoms with Crippen LogP contribution in [0.1, 0.15) is 22.7 Å². The molecule has 0 spiro atoms. The zero-order chi connectivity index (χ0) is 13.7. The van der Waals surface area contributed by atoms with Crippen molar-refractivity contribution < 1.29 is 0 Å². The van der Waals surface area contributed by atoms with E-state index >= 15 is 0 Å². The number of aromatic nitrogens is 1. The molecule has 19 heavy (non-hydrogen) atoms. The summed E-state index contributed by atoms with van der Waals surface area (Å²) in [5, 5.41) is 4.47. The van der Waals surface area contributed by atoms with Gasteiger partial charge in [0.25, 0.3) is 0 Å². The molecule has 1 N–H and O–H groups in total. The van der Waals surface area contributed by atoms with Crippen LogP contribution in [0, 0.1) is 13.8 Å². The van der Waals surface area contributed by atoms with Crippen LogP contribution in [0.2, 0.25) is 0 Å². The molecule has 1 atom stereocenters. The number of rotatable bonds is 5. The van der Waals surface area contributed by atoms with Crippen molar-refractivity contribution in [3.05, 3.63) is 59.3 Å². The molecule has 1 heterocycles. The van der Waals surface area contributed by atoms with Gasteiger partial charge in [-0.1, -0.05) is 35.4 Å². The maximum atomic E-state index is 4.35. The van der Waals surface area contributed by atoms with Gasteiger partial charge in [0.05, 0.1) is 5.03 Å². The summed E-state index contributed by atoms with van der Waals surface area (Å²) in [5.74, 6) is 0.983. The standard InChI is InChI=1S/C16H20N2S/c1-12-8-13(2)10-14(9-12)15(17-3)11-19-16-6-4-5-7-18-16/h4-10,15,17H,11H2,1-3H3. The topological polar surface area (TPSA) is 24.9 Å². The summed E-state index contributed by atoms with van der Waals surface area (Å²) < 4.78 is 0. The normalized spacial score (nSPS) is 12.4. The number of pyridine rings is 1. The fraction of sp³-hybridized carbons (Fsp3) is 0.312. The maximum Gasteiger partial charge on any atom is 0.0960 e. The predicted molar refractivity (Wildman–Crippen MR) is 82.7 cm³/mol. The second-order valence-corrected chi connectivity index (χ2v) is 5.78. The van der Waals surface area contributed by atoms with Gasteiger partial charge in [-0.15, -0.1) is 11.8 Å². The van der Waals surface area contributed by atoms with Crippen molar-refractivity contribution in [3.63, 3.8) is 0 Å². The van der Waals surface area contributed by atoms with Gasteiger partial charge in [-0.2, -0.15) is 0 Å². The summed E-state index contributed by atoms with van der Waals surface area (Å²) in [5.41, 5.74) is 3.99. The Balaban J connectivity index is 2.07. The van der Waals surface area contributed by atoms with Gasteiger partial charge in [0.1, 0.15) is 0 Å². The van der Waals surface area contributed by atoms with Crippen molar-refractivity contribution in [1.82, 2.24) is 10.3 Å². The van der Waals surface area contributed by atoms with Crippen molar-refractivity contribution in [1.29, 1.82) is 0 Å². The van der Waals surface area contributed by atoms with Gasteiger partial charge in [-0.3, -0.25) is 0 Å². The first-order valence-corrected chi connectivity index (χ1v) is 7.47. The lowest BCUT2D eigenvalue weighted by molar-refractivity contribution is 0.660. The predicted octanol–water partition coefficient (Wildman–Crippen LogP) is 3.75. The van der Waals surface area contributed by atoms with Gasteiger partial charge in [0, 0.05) is 18.0 Å². The Labute approximate surface area is 119 Å². The molecule has 1 aromatic carbocycles. The van der Waals surface area contributed by atoms with Crippen LogP contribution >= 0.6 is 11.8 Å². The summed E-state index contributed by atoms with van der Waals surface area (Å²) in [6.45, 7) is 4.30. The fourth-order valence-corrected chi connectivity index (χ4v) is 3.17. The van der Waals surface area contributed by atoms with Crippen molar-refractivity contribution in [2.75, 3.05) is 12.8 Å². The van der Waals surface area contributed by atoms with E-state index in [1.54, 1.807) is 11.8 Å². The van der Waals surface area contributed by atoms with Crippen molar-refractivity contribution in [2.24, 2.45) is 0 Å². The summed E-state index contributed by atoms with van der Waals surface area (Å²) in [7, 11) is 2.02. The van der Waals surface area contributed by atoms with Gasteiger partial charge in [-0.25, -0.2) is 4.98 Å². The van der Waals surface area contributed by atoms with E-state index in [-0.39, 0.29) is 0 Å². The minimum absolute atomic E-state index is 0.352. The van der Waals surface area contributed by atoms with Crippen LogP contribution < -0.4 is 5.32 Å². The van der Waals surface area contributed by atoms with E-state index in [2.05, 4.69) is 48.4 Å². The third-order valence-corrected chi connectivity index (χ3v) is 4.07. The molecule has 2 nitrogen and oxygen atoms in total. The summed E-state index contributed by atoms with van der Waals surface area (Å²) in [6.07, 6.45) is 1.84. The van der Waals surface area contributed by atoms with Crippen LogP contribution in [-0.2, 0) is 0 Å². The molecule has 0 saturated heterocycles. The first-order chi connectivity index (χ1) is 9.19. The van der Waals surface area contributed by atoms with E-state index in [0.717, 1.165) is 10.8 Å². The highest BCUT2D eigenvalue weighted by molar-refractivity contribution is 7.99. The number of thioether (sulfide) groups is 1. The largest absolute Gasteiger partial charge is 0.312 e. The van der Waals surface area contributed by atoms with Crippen molar-refractivity contribution in [3.8, 4) is 0 Å². The minimum atomic E-state index is 0.352. The molecule has 0 fully saturated rings. The highest BCUT2D eigenvalue weighted by atomic mass is 32.2. The number of hydrogen-bond acceptors (Lipinski definition) is 3. The number of nitrogens with zero attached hydrogens (tertiary/aromatic N) is 1. The second kappa shape index (κ2) is 6.73. The zero-order valence-electron chi connectivity index (χ0n) is 11.7. The Morgan fingerprint density at radius 2 is 1.89 bits per heavy atom. The van der Waals surface area contributed by atoms with E-state index in [1.165, 1.54) is 16.7 Å². The molecule has 0 aliphatic rings. The fourth-order valence-electron chi connectivity index (χ4n) is 2.16. The van der Waals surface area contributed by atoms with Crippen LogP contribution in [0.25, 0.3) is 0 Å². The van der Waals surface area contributed by atoms with E-state index in [4.69, 9.17) is 0 Å². The minimum Gasteiger partial charge on any atom is -0.312 e. The molecule has 3 heteroatoms. The zero-order valence-corrected chi connectivity index (χ0v) is 12.5. The summed E-state index contributed by atoms with van der Waals surface area (Å²) in [4.78, 5) is 4.35. The molecule has 0 amide bonds. The smallest absolute Gasteiger partial charge is 0.0960 e. The first kappa shape index (κ1) is 14.1. The van der Waals surface area contributed by atoms with Crippen LogP contribution in [0.3, 0.4) is 0 Å². The quantitative estimate of drug-likeness (QED) is 0.839. The van der Waals surface area contributed by atoms with E-state index < -0.39 is 0 Å². The summed E-state index contributed by atoms with van der Waals surface area (Å²) >= 11 is 1.79. The Hall–Kier alpha value is -1.32. The lowest BCUT2D eigenvalue weighted by Gasteiger charge is -2.17. The van der Waals surface area contributed by atoms with Gasteiger partial charge in [-0.05, 0) is 38.6 Å². The molecular formula is C16H20N2S. The number of benzene rings is 1. The molecule has 0 aliphatic heterocycles. The maximum absolute atomic E-state index is 4.35. The molecule has 100 valence electrons. The van der Waals surface area contributed by atoms with E-state index in [9.17, 15) is 0 Å². The first-order valence-electron chi connectivity index (χ1n) is 6.48. The third kappa shape index (κ3) is 4.08. The van der Waals surface area contributed by atoms with Crippen LogP contribution in [0.15, 0.2) is 47.6 Å². The van der Waals surface area contributed by atoms with Gasteiger partial charge < -0.3 is 5.32 Å². The Morgan fingerprint density at radius 1 is 1.16 bits per heavy atom. The van der Waals surface area contributed by atoms with Gasteiger partial charge in [0.15, 0.2) is 0 Å². The van der Waals surface area contributed by atoms with E-state index in [1.807, 2.05) is 25.4 Å².